The van der Waals surface area contributed by atoms with Crippen LogP contribution in [-0.4, -0.2) is 11.6 Å². The highest BCUT2D eigenvalue weighted by Gasteiger charge is 1.98. The van der Waals surface area contributed by atoms with E-state index in [0.29, 0.717) is 0 Å². The molecule has 13 heavy (non-hydrogen) atoms. The van der Waals surface area contributed by atoms with Crippen molar-refractivity contribution in [3.8, 4) is 0 Å². The van der Waals surface area contributed by atoms with Crippen molar-refractivity contribution in [3.63, 3.8) is 0 Å². The number of hydrogen-bond acceptors (Lipinski definition) is 2. The van der Waals surface area contributed by atoms with Gasteiger partial charge >= 0.3 is 0 Å². The Balaban J connectivity index is 2.20. The Labute approximate surface area is 93.7 Å². The van der Waals surface area contributed by atoms with Gasteiger partial charge in [-0.3, -0.25) is 0 Å². The van der Waals surface area contributed by atoms with Gasteiger partial charge in [-0.05, 0) is 30.7 Å². The fraction of sp³-hybridized carbons (Fsp3) is 0.600. The van der Waals surface area contributed by atoms with Gasteiger partial charge < -0.3 is 0 Å². The van der Waals surface area contributed by atoms with E-state index in [4.69, 9.17) is 11.6 Å². The lowest BCUT2D eigenvalue weighted by atomic mass is 10.4. The molecule has 0 aromatic carbocycles. The Morgan fingerprint density at radius 2 is 2.15 bits per heavy atom. The summed E-state index contributed by atoms with van der Waals surface area (Å²) in [6, 6.07) is 4.49. The molecule has 0 saturated carbocycles. The summed E-state index contributed by atoms with van der Waals surface area (Å²) in [4.78, 5) is 2.99. The maximum Gasteiger partial charge on any atom is 0.0279 e. The maximum atomic E-state index is 5.60. The van der Waals surface area contributed by atoms with Crippen molar-refractivity contribution in [2.24, 2.45) is 0 Å². The molecular weight excluding hydrogens is 220 g/mol. The largest absolute Gasteiger partial charge is 0.156 e. The monoisotopic (exact) mass is 234 g/mol. The summed E-state index contributed by atoms with van der Waals surface area (Å²) in [5, 5.41) is 0. The molecular formula is C10H15ClS2. The van der Waals surface area contributed by atoms with Crippen molar-refractivity contribution in [1.82, 2.24) is 0 Å². The van der Waals surface area contributed by atoms with Crippen molar-refractivity contribution in [3.05, 3.63) is 21.9 Å². The normalized spacial score (nSPS) is 10.6. The fourth-order valence-corrected chi connectivity index (χ4v) is 3.34. The first kappa shape index (κ1) is 11.4. The summed E-state index contributed by atoms with van der Waals surface area (Å²) in [6.07, 6.45) is 2.29. The van der Waals surface area contributed by atoms with Gasteiger partial charge in [0.2, 0.25) is 0 Å². The van der Waals surface area contributed by atoms with E-state index >= 15 is 0 Å². The molecule has 0 unspecified atom stereocenters. The molecule has 3 heteroatoms. The first-order valence-electron chi connectivity index (χ1n) is 4.58. The van der Waals surface area contributed by atoms with Gasteiger partial charge in [-0.1, -0.05) is 6.92 Å². The molecule has 1 aromatic heterocycles. The predicted molar refractivity (Wildman–Crippen MR) is 65.2 cm³/mol. The summed E-state index contributed by atoms with van der Waals surface area (Å²) >= 11 is 9.52. The summed E-state index contributed by atoms with van der Waals surface area (Å²) in [7, 11) is 0. The highest BCUT2D eigenvalue weighted by atomic mass is 35.5. The van der Waals surface area contributed by atoms with Gasteiger partial charge in [0.15, 0.2) is 0 Å². The van der Waals surface area contributed by atoms with Gasteiger partial charge in [-0.25, -0.2) is 0 Å². The lowest BCUT2D eigenvalue weighted by molar-refractivity contribution is 1.11. The van der Waals surface area contributed by atoms with Crippen LogP contribution in [0.1, 0.15) is 23.1 Å². The van der Waals surface area contributed by atoms with Crippen molar-refractivity contribution < 1.29 is 0 Å². The van der Waals surface area contributed by atoms with Gasteiger partial charge in [0.25, 0.3) is 0 Å². The second-order valence-electron chi connectivity index (χ2n) is 2.82. The highest BCUT2D eigenvalue weighted by molar-refractivity contribution is 7.98. The average molecular weight is 235 g/mol. The first-order valence-corrected chi connectivity index (χ1v) is 7.08. The van der Waals surface area contributed by atoms with E-state index in [-0.39, 0.29) is 0 Å². The standard InChI is InChI=1S/C10H15ClS2/c1-2-9-4-5-10(13-9)8-12-7-3-6-11/h4-5H,2-3,6-8H2,1H3. The van der Waals surface area contributed by atoms with Crippen LogP contribution in [0.25, 0.3) is 0 Å². The van der Waals surface area contributed by atoms with Gasteiger partial charge in [0, 0.05) is 21.4 Å². The predicted octanol–water partition coefficient (Wildman–Crippen LogP) is 4.17. The molecule has 0 aliphatic carbocycles. The van der Waals surface area contributed by atoms with Gasteiger partial charge in [-0.2, -0.15) is 11.8 Å². The van der Waals surface area contributed by atoms with Crippen molar-refractivity contribution in [1.29, 1.82) is 0 Å². The van der Waals surface area contributed by atoms with Crippen LogP contribution < -0.4 is 0 Å². The molecule has 0 nitrogen and oxygen atoms in total. The van der Waals surface area contributed by atoms with Gasteiger partial charge in [-0.15, -0.1) is 22.9 Å². The fourth-order valence-electron chi connectivity index (χ4n) is 1.02. The summed E-state index contributed by atoms with van der Waals surface area (Å²) in [5.74, 6) is 3.13. The SMILES string of the molecule is CCc1ccc(CSCCCCl)s1. The molecule has 0 spiro atoms. The third-order valence-corrected chi connectivity index (χ3v) is 4.50. The minimum atomic E-state index is 0.789. The van der Waals surface area contributed by atoms with E-state index in [1.807, 2.05) is 23.1 Å². The van der Waals surface area contributed by atoms with Crippen LogP contribution in [0.2, 0.25) is 0 Å². The molecule has 0 atom stereocenters. The molecule has 0 bridgehead atoms. The molecule has 0 aliphatic heterocycles. The zero-order valence-electron chi connectivity index (χ0n) is 7.88. The highest BCUT2D eigenvalue weighted by Crippen LogP contribution is 2.22. The molecule has 1 rings (SSSR count). The number of thiophene rings is 1. The van der Waals surface area contributed by atoms with Crippen molar-refractivity contribution >= 4 is 34.7 Å². The Kier molecular flexibility index (Phi) is 5.92. The summed E-state index contributed by atoms with van der Waals surface area (Å²) in [6.45, 7) is 2.20. The Hall–Kier alpha value is 0.340. The Morgan fingerprint density at radius 3 is 2.77 bits per heavy atom. The molecule has 1 aromatic rings. The van der Waals surface area contributed by atoms with E-state index in [9.17, 15) is 0 Å². The lowest BCUT2D eigenvalue weighted by Crippen LogP contribution is -1.81. The summed E-state index contributed by atoms with van der Waals surface area (Å²) < 4.78 is 0. The third-order valence-electron chi connectivity index (χ3n) is 1.73. The van der Waals surface area contributed by atoms with Crippen LogP contribution in [-0.2, 0) is 12.2 Å². The second-order valence-corrected chi connectivity index (χ2v) is 5.55. The number of hydrogen-bond donors (Lipinski definition) is 0. The molecule has 0 N–H and O–H groups in total. The zero-order chi connectivity index (χ0) is 9.52. The molecule has 0 fully saturated rings. The smallest absolute Gasteiger partial charge is 0.0279 e. The lowest BCUT2D eigenvalue weighted by Gasteiger charge is -1.96. The van der Waals surface area contributed by atoms with E-state index in [0.717, 1.165) is 24.5 Å². The third kappa shape index (κ3) is 4.39. The minimum Gasteiger partial charge on any atom is -0.156 e. The molecule has 0 radical (unpaired) electrons. The van der Waals surface area contributed by atoms with E-state index in [1.165, 1.54) is 15.5 Å². The second kappa shape index (κ2) is 6.74. The van der Waals surface area contributed by atoms with Crippen LogP contribution >= 0.6 is 34.7 Å². The van der Waals surface area contributed by atoms with Crippen LogP contribution in [0.4, 0.5) is 0 Å². The van der Waals surface area contributed by atoms with Crippen LogP contribution in [0.5, 0.6) is 0 Å². The number of aryl methyl sites for hydroxylation is 1. The molecule has 0 aliphatic rings. The molecule has 0 saturated heterocycles. The van der Waals surface area contributed by atoms with Crippen LogP contribution in [0, 0.1) is 0 Å². The number of thioether (sulfide) groups is 1. The topological polar surface area (TPSA) is 0 Å². The van der Waals surface area contributed by atoms with E-state index in [2.05, 4.69) is 19.1 Å². The zero-order valence-corrected chi connectivity index (χ0v) is 10.3. The van der Waals surface area contributed by atoms with Gasteiger partial charge in [0.05, 0.1) is 0 Å². The number of halogens is 1. The quantitative estimate of drug-likeness (QED) is 0.526. The first-order chi connectivity index (χ1) is 6.36. The number of alkyl halides is 1. The van der Waals surface area contributed by atoms with E-state index < -0.39 is 0 Å². The van der Waals surface area contributed by atoms with Crippen molar-refractivity contribution in [2.75, 3.05) is 11.6 Å². The summed E-state index contributed by atoms with van der Waals surface area (Å²) in [5.41, 5.74) is 0. The van der Waals surface area contributed by atoms with E-state index in [1.54, 1.807) is 0 Å². The molecule has 1 heterocycles. The molecule has 0 amide bonds. The minimum absolute atomic E-state index is 0.789. The Morgan fingerprint density at radius 1 is 1.38 bits per heavy atom. The van der Waals surface area contributed by atoms with Crippen LogP contribution in [0.15, 0.2) is 12.1 Å². The molecule has 74 valence electrons. The van der Waals surface area contributed by atoms with Gasteiger partial charge in [0.1, 0.15) is 0 Å². The Bertz CT molecular complexity index is 233. The maximum absolute atomic E-state index is 5.60. The number of rotatable bonds is 6. The average Bonchev–Trinajstić information content (AvgIpc) is 2.60. The van der Waals surface area contributed by atoms with Crippen LogP contribution in [0.3, 0.4) is 0 Å². The van der Waals surface area contributed by atoms with Crippen molar-refractivity contribution in [2.45, 2.75) is 25.5 Å².